The van der Waals surface area contributed by atoms with E-state index in [1.165, 1.54) is 19.1 Å². The molecule has 4 rings (SSSR count). The van der Waals surface area contributed by atoms with Gasteiger partial charge in [0.05, 0.1) is 49.7 Å². The molecule has 0 aliphatic rings. The topological polar surface area (TPSA) is 212 Å². The van der Waals surface area contributed by atoms with Crippen molar-refractivity contribution in [2.24, 2.45) is 0 Å². The molecule has 0 bridgehead atoms. The van der Waals surface area contributed by atoms with Crippen LogP contribution in [0.3, 0.4) is 0 Å². The number of aromatic nitrogens is 3. The van der Waals surface area contributed by atoms with Crippen molar-refractivity contribution in [3.63, 3.8) is 0 Å². The van der Waals surface area contributed by atoms with Crippen LogP contribution in [-0.2, 0) is 23.7 Å². The fraction of sp³-hybridized carbons (Fsp3) is 0.350. The summed E-state index contributed by atoms with van der Waals surface area (Å²) in [6, 6.07) is 9.28. The predicted octanol–water partition coefficient (Wildman–Crippen LogP) is 5.44. The van der Waals surface area contributed by atoms with Crippen LogP contribution in [0, 0.1) is 20.8 Å². The van der Waals surface area contributed by atoms with Crippen LogP contribution in [0.15, 0.2) is 60.7 Å². The first-order valence-electron chi connectivity index (χ1n) is 17.3. The van der Waals surface area contributed by atoms with E-state index in [1.54, 1.807) is 52.0 Å². The number of phenols is 4. The molecule has 1 atom stereocenters. The number of hydrogen-bond donors (Lipinski definition) is 5. The maximum Gasteiger partial charge on any atom is 0.333 e. The SMILES string of the molecule is C=C(C)C(=O)OCCOCCOc1ccc(-c2nc(-c3ccc(O)c(C)c3O)nc(-c3ccc(OCCOCCOC(O)C(=C)C)c(C)c3O)n2)c(O)c1C. The molecule has 15 nitrogen and oxygen atoms in total. The number of aliphatic hydroxyl groups excluding tert-OH is 1. The van der Waals surface area contributed by atoms with E-state index >= 15 is 0 Å². The summed E-state index contributed by atoms with van der Waals surface area (Å²) in [5.41, 5.74) is 2.41. The Morgan fingerprint density at radius 3 is 1.49 bits per heavy atom. The summed E-state index contributed by atoms with van der Waals surface area (Å²) in [6.45, 7) is 16.6. The summed E-state index contributed by atoms with van der Waals surface area (Å²) in [5.74, 6) is -0.386. The zero-order valence-electron chi connectivity index (χ0n) is 31.5. The van der Waals surface area contributed by atoms with Crippen molar-refractivity contribution in [3.05, 3.63) is 77.4 Å². The van der Waals surface area contributed by atoms with E-state index in [9.17, 15) is 30.3 Å². The van der Waals surface area contributed by atoms with Gasteiger partial charge in [-0.1, -0.05) is 13.2 Å². The van der Waals surface area contributed by atoms with E-state index in [0.717, 1.165) is 0 Å². The molecule has 55 heavy (non-hydrogen) atoms. The quantitative estimate of drug-likeness (QED) is 0.0249. The van der Waals surface area contributed by atoms with Crippen LogP contribution in [0.1, 0.15) is 30.5 Å². The molecule has 1 unspecified atom stereocenters. The molecule has 1 aromatic heterocycles. The molecule has 0 saturated carbocycles. The lowest BCUT2D eigenvalue weighted by atomic mass is 10.1. The standard InChI is InChI=1S/C40H47N3O12/c1-22(2)39(48)54-20-16-50-14-18-52-31-12-9-28(34(46)25(31)6)37-41-36(27-8-11-30(44)24(5)33(27)45)42-38(43-37)29-10-13-32(26(7)35(29)47)53-19-15-51-17-21-55-40(49)23(3)4/h8-13,39,44-48H,1,3,14-21H2,2,4-7H3. The van der Waals surface area contributed by atoms with Crippen LogP contribution in [-0.4, -0.2) is 106 Å². The Balaban J connectivity index is 1.56. The second-order valence-corrected chi connectivity index (χ2v) is 12.5. The van der Waals surface area contributed by atoms with Crippen LogP contribution in [0.4, 0.5) is 0 Å². The third-order valence-electron chi connectivity index (χ3n) is 8.23. The third kappa shape index (κ3) is 10.9. The molecule has 0 amide bonds. The van der Waals surface area contributed by atoms with E-state index in [2.05, 4.69) is 28.1 Å². The maximum absolute atomic E-state index is 11.5. The zero-order valence-corrected chi connectivity index (χ0v) is 31.5. The van der Waals surface area contributed by atoms with Gasteiger partial charge < -0.3 is 54.0 Å². The molecular weight excluding hydrogens is 714 g/mol. The summed E-state index contributed by atoms with van der Waals surface area (Å²) in [5, 5.41) is 53.5. The number of hydrogen-bond acceptors (Lipinski definition) is 15. The molecule has 4 aromatic rings. The van der Waals surface area contributed by atoms with E-state index in [-0.39, 0.29) is 116 Å². The predicted molar refractivity (Wildman–Crippen MR) is 202 cm³/mol. The van der Waals surface area contributed by atoms with Crippen LogP contribution in [0.5, 0.6) is 34.5 Å². The number of esters is 1. The molecule has 0 radical (unpaired) electrons. The maximum atomic E-state index is 11.5. The van der Waals surface area contributed by atoms with Gasteiger partial charge in [-0.25, -0.2) is 19.7 Å². The molecule has 0 spiro atoms. The number of nitrogens with zero attached hydrogens (tertiary/aromatic N) is 3. The number of aromatic hydroxyl groups is 4. The van der Waals surface area contributed by atoms with Crippen molar-refractivity contribution in [2.45, 2.75) is 40.9 Å². The zero-order chi connectivity index (χ0) is 40.2. The van der Waals surface area contributed by atoms with Crippen molar-refractivity contribution in [1.29, 1.82) is 0 Å². The van der Waals surface area contributed by atoms with E-state index in [4.69, 9.17) is 28.4 Å². The van der Waals surface area contributed by atoms with Crippen LogP contribution >= 0.6 is 0 Å². The summed E-state index contributed by atoms with van der Waals surface area (Å²) in [7, 11) is 0. The lowest BCUT2D eigenvalue weighted by Crippen LogP contribution is -2.17. The smallest absolute Gasteiger partial charge is 0.333 e. The van der Waals surface area contributed by atoms with Crippen molar-refractivity contribution < 1.29 is 58.7 Å². The highest BCUT2D eigenvalue weighted by Crippen LogP contribution is 2.41. The molecular formula is C40H47N3O12. The lowest BCUT2D eigenvalue weighted by Gasteiger charge is -2.16. The molecule has 3 aromatic carbocycles. The first kappa shape index (κ1) is 42.0. The first-order valence-corrected chi connectivity index (χ1v) is 17.3. The number of aliphatic hydroxyl groups is 1. The minimum Gasteiger partial charge on any atom is -0.508 e. The second-order valence-electron chi connectivity index (χ2n) is 12.5. The van der Waals surface area contributed by atoms with Crippen LogP contribution in [0.25, 0.3) is 34.2 Å². The molecule has 0 aliphatic carbocycles. The Hall–Kier alpha value is -5.74. The molecule has 5 N–H and O–H groups in total. The third-order valence-corrected chi connectivity index (χ3v) is 8.23. The number of rotatable bonds is 20. The van der Waals surface area contributed by atoms with Crippen LogP contribution in [0.2, 0.25) is 0 Å². The van der Waals surface area contributed by atoms with Crippen molar-refractivity contribution in [3.8, 4) is 68.7 Å². The first-order chi connectivity index (χ1) is 26.2. The fourth-order valence-electron chi connectivity index (χ4n) is 4.95. The van der Waals surface area contributed by atoms with Gasteiger partial charge in [-0.3, -0.25) is 0 Å². The molecule has 0 aliphatic heterocycles. The molecule has 15 heteroatoms. The highest BCUT2D eigenvalue weighted by Gasteiger charge is 2.22. The molecule has 294 valence electrons. The van der Waals surface area contributed by atoms with Gasteiger partial charge in [0.2, 0.25) is 0 Å². The number of carbonyl (C=O) groups excluding carboxylic acids is 1. The Labute approximate surface area is 319 Å². The summed E-state index contributed by atoms with van der Waals surface area (Å²) >= 11 is 0. The van der Waals surface area contributed by atoms with E-state index in [1.807, 2.05) is 0 Å². The largest absolute Gasteiger partial charge is 0.508 e. The van der Waals surface area contributed by atoms with Gasteiger partial charge in [-0.15, -0.1) is 0 Å². The Morgan fingerprint density at radius 2 is 1.04 bits per heavy atom. The van der Waals surface area contributed by atoms with Crippen LogP contribution < -0.4 is 9.47 Å². The van der Waals surface area contributed by atoms with Gasteiger partial charge in [0.1, 0.15) is 54.3 Å². The highest BCUT2D eigenvalue weighted by molar-refractivity contribution is 5.86. The van der Waals surface area contributed by atoms with Gasteiger partial charge in [-0.2, -0.15) is 0 Å². The molecule has 1 heterocycles. The summed E-state index contributed by atoms with van der Waals surface area (Å²) < 4.78 is 32.8. The minimum absolute atomic E-state index is 0.0123. The van der Waals surface area contributed by atoms with Crippen molar-refractivity contribution in [2.75, 3.05) is 52.9 Å². The van der Waals surface area contributed by atoms with E-state index < -0.39 is 12.3 Å². The van der Waals surface area contributed by atoms with E-state index in [0.29, 0.717) is 33.8 Å². The van der Waals surface area contributed by atoms with Gasteiger partial charge in [0.25, 0.3) is 0 Å². The normalized spacial score (nSPS) is 11.6. The molecule has 0 saturated heterocycles. The van der Waals surface area contributed by atoms with Crippen molar-refractivity contribution in [1.82, 2.24) is 15.0 Å². The summed E-state index contributed by atoms with van der Waals surface area (Å²) in [6.07, 6.45) is -1.05. The fourth-order valence-corrected chi connectivity index (χ4v) is 4.95. The Kier molecular flexibility index (Phi) is 14.9. The number of ether oxygens (including phenoxy) is 6. The second kappa shape index (κ2) is 19.5. The van der Waals surface area contributed by atoms with Crippen molar-refractivity contribution >= 4 is 5.97 Å². The Bertz CT molecular complexity index is 2020. The highest BCUT2D eigenvalue weighted by atomic mass is 16.6. The number of carbonyl (C=O) groups is 1. The van der Waals surface area contributed by atoms with Gasteiger partial charge in [-0.05, 0) is 76.6 Å². The molecule has 0 fully saturated rings. The average Bonchev–Trinajstić information content (AvgIpc) is 3.15. The average molecular weight is 762 g/mol. The minimum atomic E-state index is -1.05. The monoisotopic (exact) mass is 761 g/mol. The van der Waals surface area contributed by atoms with Gasteiger partial charge in [0.15, 0.2) is 23.8 Å². The van der Waals surface area contributed by atoms with Gasteiger partial charge in [0, 0.05) is 22.3 Å². The van der Waals surface area contributed by atoms with Gasteiger partial charge >= 0.3 is 5.97 Å². The lowest BCUT2D eigenvalue weighted by molar-refractivity contribution is -0.140. The summed E-state index contributed by atoms with van der Waals surface area (Å²) in [4.78, 5) is 25.2. The number of phenolic OH excluding ortho intramolecular Hbond substituents is 4. The number of benzene rings is 3. The Morgan fingerprint density at radius 1 is 0.618 bits per heavy atom.